The minimum Gasteiger partial charge on any atom is -0.370 e. The number of nitrogens with zero attached hydrogens (tertiary/aromatic N) is 1. The van der Waals surface area contributed by atoms with Crippen LogP contribution in [0, 0.1) is 5.41 Å². The van der Waals surface area contributed by atoms with Crippen molar-refractivity contribution in [2.75, 3.05) is 0 Å². The number of hydrogen-bond acceptors (Lipinski definition) is 2. The van der Waals surface area contributed by atoms with Gasteiger partial charge in [0.1, 0.15) is 0 Å². The van der Waals surface area contributed by atoms with Crippen LogP contribution >= 0.6 is 0 Å². The zero-order valence-corrected chi connectivity index (χ0v) is 4.51. The Morgan fingerprint density at radius 3 is 2.62 bits per heavy atom. The van der Waals surface area contributed by atoms with E-state index in [2.05, 4.69) is 10.2 Å². The van der Waals surface area contributed by atoms with Crippen molar-refractivity contribution in [1.29, 1.82) is 5.41 Å². The Hall–Kier alpha value is -0.810. The zero-order chi connectivity index (χ0) is 6.57. The Bertz CT molecular complexity index is 83.4. The second kappa shape index (κ2) is 3.23. The van der Waals surface area contributed by atoms with E-state index >= 15 is 0 Å². The molecule has 0 aromatic heterocycles. The molecule has 0 aliphatic heterocycles. The fraction of sp³-hybridized carbons (Fsp3) is 0.667. The third kappa shape index (κ3) is 3.38. The van der Waals surface area contributed by atoms with Gasteiger partial charge in [-0.15, -0.1) is 0 Å². The van der Waals surface area contributed by atoms with Crippen molar-refractivity contribution in [3.63, 3.8) is 0 Å². The number of nitrogens with two attached hydrogens (primary N) is 1. The standard InChI is InChI=1S/C3H8N4O/c1-2(8-6)7-3(4)5/h2H,1H3,(H4,4,5,7). The Labute approximate surface area is 47.5 Å². The van der Waals surface area contributed by atoms with Crippen molar-refractivity contribution in [3.8, 4) is 0 Å². The molecule has 5 nitrogen and oxygen atoms in total. The Morgan fingerprint density at radius 1 is 2.00 bits per heavy atom. The summed E-state index contributed by atoms with van der Waals surface area (Å²) in [6.07, 6.45) is -0.618. The SMILES string of the molecule is CC(NC(=N)N)O[N]. The van der Waals surface area contributed by atoms with Gasteiger partial charge in [-0.25, -0.2) is 4.84 Å². The smallest absolute Gasteiger partial charge is 0.187 e. The lowest BCUT2D eigenvalue weighted by molar-refractivity contribution is 0.0399. The van der Waals surface area contributed by atoms with Crippen LogP contribution < -0.4 is 16.9 Å². The summed E-state index contributed by atoms with van der Waals surface area (Å²) in [5.41, 5.74) is 4.85. The van der Waals surface area contributed by atoms with Gasteiger partial charge in [-0.05, 0) is 6.92 Å². The van der Waals surface area contributed by atoms with E-state index in [1.54, 1.807) is 0 Å². The van der Waals surface area contributed by atoms with Gasteiger partial charge in [0, 0.05) is 5.90 Å². The molecule has 5 heteroatoms. The average molecular weight is 116 g/mol. The van der Waals surface area contributed by atoms with Gasteiger partial charge in [0.05, 0.1) is 0 Å². The van der Waals surface area contributed by atoms with E-state index in [0.29, 0.717) is 0 Å². The third-order valence-electron chi connectivity index (χ3n) is 0.517. The Kier molecular flexibility index (Phi) is 2.90. The maximum absolute atomic E-state index is 7.87. The summed E-state index contributed by atoms with van der Waals surface area (Å²) in [5, 5.41) is 8.88. The predicted molar refractivity (Wildman–Crippen MR) is 27.7 cm³/mol. The molecule has 2 radical (unpaired) electrons. The van der Waals surface area contributed by atoms with Gasteiger partial charge in [-0.1, -0.05) is 0 Å². The summed E-state index contributed by atoms with van der Waals surface area (Å²) >= 11 is 0. The molecule has 0 fully saturated rings. The molecule has 8 heavy (non-hydrogen) atoms. The van der Waals surface area contributed by atoms with Crippen molar-refractivity contribution in [3.05, 3.63) is 0 Å². The topological polar surface area (TPSA) is 93.4 Å². The molecule has 0 saturated carbocycles. The summed E-state index contributed by atoms with van der Waals surface area (Å²) in [6.45, 7) is 1.52. The number of nitrogens with one attached hydrogen (secondary N) is 2. The number of guanidine groups is 1. The van der Waals surface area contributed by atoms with Gasteiger partial charge < -0.3 is 11.1 Å². The molecule has 0 bridgehead atoms. The highest BCUT2D eigenvalue weighted by Crippen LogP contribution is 1.74. The molecule has 4 N–H and O–H groups in total. The molecule has 0 rings (SSSR count). The number of hydrogen-bond donors (Lipinski definition) is 3. The van der Waals surface area contributed by atoms with Gasteiger partial charge in [0.15, 0.2) is 12.2 Å². The van der Waals surface area contributed by atoms with Crippen LogP contribution in [0.25, 0.3) is 0 Å². The summed E-state index contributed by atoms with van der Waals surface area (Å²) in [4.78, 5) is 3.73. The van der Waals surface area contributed by atoms with Crippen LogP contribution in [0.2, 0.25) is 0 Å². The Morgan fingerprint density at radius 2 is 2.50 bits per heavy atom. The van der Waals surface area contributed by atoms with Crippen molar-refractivity contribution in [2.24, 2.45) is 5.73 Å². The van der Waals surface area contributed by atoms with E-state index in [9.17, 15) is 0 Å². The molecule has 46 valence electrons. The molecular weight excluding hydrogens is 108 g/mol. The first-order chi connectivity index (χ1) is 3.66. The van der Waals surface area contributed by atoms with E-state index < -0.39 is 6.23 Å². The second-order valence-corrected chi connectivity index (χ2v) is 1.31. The lowest BCUT2D eigenvalue weighted by Gasteiger charge is -2.06. The maximum atomic E-state index is 7.87. The van der Waals surface area contributed by atoms with Gasteiger partial charge >= 0.3 is 0 Å². The van der Waals surface area contributed by atoms with Crippen molar-refractivity contribution in [2.45, 2.75) is 13.2 Å². The second-order valence-electron chi connectivity index (χ2n) is 1.31. The number of rotatable bonds is 2. The molecule has 0 aliphatic rings. The van der Waals surface area contributed by atoms with Crippen LogP contribution in [-0.4, -0.2) is 12.2 Å². The van der Waals surface area contributed by atoms with Crippen molar-refractivity contribution < 1.29 is 4.84 Å². The summed E-state index contributed by atoms with van der Waals surface area (Å²) in [7, 11) is 0. The van der Waals surface area contributed by atoms with E-state index in [4.69, 9.17) is 17.0 Å². The van der Waals surface area contributed by atoms with Crippen LogP contribution in [0.5, 0.6) is 0 Å². The monoisotopic (exact) mass is 116 g/mol. The van der Waals surface area contributed by atoms with E-state index in [0.717, 1.165) is 0 Å². The quantitative estimate of drug-likeness (QED) is 0.183. The Balaban J connectivity index is 3.24. The first-order valence-electron chi connectivity index (χ1n) is 2.07. The zero-order valence-electron chi connectivity index (χ0n) is 4.51. The van der Waals surface area contributed by atoms with Crippen LogP contribution in [0.4, 0.5) is 0 Å². The minimum absolute atomic E-state index is 0.230. The highest BCUT2D eigenvalue weighted by atomic mass is 16.6. The molecule has 0 aromatic carbocycles. The highest BCUT2D eigenvalue weighted by molar-refractivity contribution is 5.74. The van der Waals surface area contributed by atoms with Crippen LogP contribution in [-0.2, 0) is 4.84 Å². The van der Waals surface area contributed by atoms with Gasteiger partial charge in [0.2, 0.25) is 0 Å². The molecule has 0 heterocycles. The maximum Gasteiger partial charge on any atom is 0.187 e. The molecule has 0 spiro atoms. The van der Waals surface area contributed by atoms with E-state index in [-0.39, 0.29) is 5.96 Å². The minimum atomic E-state index is -0.618. The first-order valence-corrected chi connectivity index (χ1v) is 2.07. The first kappa shape index (κ1) is 7.19. The van der Waals surface area contributed by atoms with E-state index in [1.165, 1.54) is 6.92 Å². The molecule has 0 amide bonds. The van der Waals surface area contributed by atoms with Crippen LogP contribution in [0.1, 0.15) is 6.92 Å². The van der Waals surface area contributed by atoms with Crippen molar-refractivity contribution in [1.82, 2.24) is 11.2 Å². The molecule has 1 unspecified atom stereocenters. The lowest BCUT2D eigenvalue weighted by atomic mass is 10.6. The third-order valence-corrected chi connectivity index (χ3v) is 0.517. The fourth-order valence-corrected chi connectivity index (χ4v) is 0.245. The molecule has 0 aromatic rings. The summed E-state index contributed by atoms with van der Waals surface area (Å²) in [5.74, 6) is 7.64. The van der Waals surface area contributed by atoms with Crippen LogP contribution in [0.15, 0.2) is 0 Å². The van der Waals surface area contributed by atoms with Crippen LogP contribution in [0.3, 0.4) is 0 Å². The average Bonchev–Trinajstić information content (AvgIpc) is 1.65. The summed E-state index contributed by atoms with van der Waals surface area (Å²) in [6, 6.07) is 0. The molecular formula is C3H8N4O. The van der Waals surface area contributed by atoms with Gasteiger partial charge in [-0.3, -0.25) is 5.41 Å². The highest BCUT2D eigenvalue weighted by Gasteiger charge is 1.97. The van der Waals surface area contributed by atoms with Gasteiger partial charge in [-0.2, -0.15) is 0 Å². The summed E-state index contributed by atoms with van der Waals surface area (Å²) < 4.78 is 0. The molecule has 0 saturated heterocycles. The largest absolute Gasteiger partial charge is 0.370 e. The lowest BCUT2D eigenvalue weighted by Crippen LogP contribution is -2.38. The molecule has 0 aliphatic carbocycles. The molecule has 1 atom stereocenters. The van der Waals surface area contributed by atoms with Crippen molar-refractivity contribution >= 4 is 5.96 Å². The fourth-order valence-electron chi connectivity index (χ4n) is 0.245. The normalized spacial score (nSPS) is 12.8. The van der Waals surface area contributed by atoms with Gasteiger partial charge in [0.25, 0.3) is 0 Å². The predicted octanol–water partition coefficient (Wildman–Crippen LogP) is -1.18. The van der Waals surface area contributed by atoms with E-state index in [1.807, 2.05) is 0 Å².